The predicted octanol–water partition coefficient (Wildman–Crippen LogP) is 0.542. The molecule has 2 atom stereocenters. The van der Waals surface area contributed by atoms with Crippen molar-refractivity contribution in [2.45, 2.75) is 19.1 Å². The van der Waals surface area contributed by atoms with E-state index in [-0.39, 0.29) is 24.9 Å². The van der Waals surface area contributed by atoms with Gasteiger partial charge in [0.15, 0.2) is 18.0 Å². The Balaban J connectivity index is 1.27. The van der Waals surface area contributed by atoms with Crippen molar-refractivity contribution in [3.63, 3.8) is 0 Å². The number of benzene rings is 2. The number of hydrogen-bond donors (Lipinski definition) is 3. The molecule has 0 saturated carbocycles. The van der Waals surface area contributed by atoms with E-state index in [1.54, 1.807) is 47.4 Å². The van der Waals surface area contributed by atoms with Crippen LogP contribution < -0.4 is 16.0 Å². The molecule has 13 heteroatoms. The fraction of sp³-hybridized carbons (Fsp3) is 0.346. The number of aliphatic hydroxyl groups excluding tert-OH is 1. The normalized spacial score (nSPS) is 18.6. The summed E-state index contributed by atoms with van der Waals surface area (Å²) in [5, 5.41) is 16.9. The molecular formula is C26H27N5O8. The van der Waals surface area contributed by atoms with Gasteiger partial charge in [-0.25, -0.2) is 4.79 Å². The van der Waals surface area contributed by atoms with Gasteiger partial charge in [0.2, 0.25) is 0 Å². The molecule has 2 aromatic carbocycles. The van der Waals surface area contributed by atoms with Gasteiger partial charge in [0.1, 0.15) is 0 Å². The second-order valence-electron chi connectivity index (χ2n) is 9.20. The highest BCUT2D eigenvalue weighted by Gasteiger charge is 2.39. The zero-order valence-electron chi connectivity index (χ0n) is 21.1. The minimum Gasteiger partial charge on any atom is -0.380 e. The van der Waals surface area contributed by atoms with E-state index in [1.807, 2.05) is 6.92 Å². The van der Waals surface area contributed by atoms with Crippen molar-refractivity contribution in [2.24, 2.45) is 0 Å². The third-order valence-electron chi connectivity index (χ3n) is 6.46. The number of ether oxygens (including phenoxy) is 2. The monoisotopic (exact) mass is 537 g/mol. The quantitative estimate of drug-likeness (QED) is 0.407. The Labute approximate surface area is 222 Å². The van der Waals surface area contributed by atoms with Crippen molar-refractivity contribution >= 4 is 29.1 Å². The Kier molecular flexibility index (Phi) is 7.54. The summed E-state index contributed by atoms with van der Waals surface area (Å²) in [6.45, 7) is 4.04. The second-order valence-corrected chi connectivity index (χ2v) is 9.20. The lowest BCUT2D eigenvalue weighted by molar-refractivity contribution is -0.150. The zero-order chi connectivity index (χ0) is 27.5. The third-order valence-corrected chi connectivity index (χ3v) is 6.46. The van der Waals surface area contributed by atoms with Crippen LogP contribution in [0.2, 0.25) is 0 Å². The van der Waals surface area contributed by atoms with Gasteiger partial charge in [0, 0.05) is 42.1 Å². The molecule has 3 heterocycles. The molecule has 39 heavy (non-hydrogen) atoms. The molecule has 0 aliphatic carbocycles. The molecule has 0 radical (unpaired) electrons. The van der Waals surface area contributed by atoms with Crippen LogP contribution in [0, 0.1) is 6.92 Å². The van der Waals surface area contributed by atoms with Crippen LogP contribution in [0.5, 0.6) is 0 Å². The molecule has 2 fully saturated rings. The maximum absolute atomic E-state index is 13.3. The van der Waals surface area contributed by atoms with Gasteiger partial charge in [-0.1, -0.05) is 5.16 Å². The molecule has 5 rings (SSSR count). The van der Waals surface area contributed by atoms with E-state index in [1.165, 1.54) is 4.90 Å². The summed E-state index contributed by atoms with van der Waals surface area (Å²) in [6, 6.07) is 11.4. The third kappa shape index (κ3) is 5.74. The maximum Gasteiger partial charge on any atom is 0.439 e. The number of aromatic amines is 1. The average molecular weight is 538 g/mol. The van der Waals surface area contributed by atoms with E-state index in [0.29, 0.717) is 48.8 Å². The van der Waals surface area contributed by atoms with Gasteiger partial charge >= 0.3 is 5.76 Å². The Morgan fingerprint density at radius 1 is 1.08 bits per heavy atom. The van der Waals surface area contributed by atoms with Gasteiger partial charge in [0.25, 0.3) is 17.7 Å². The van der Waals surface area contributed by atoms with E-state index in [4.69, 9.17) is 9.47 Å². The Morgan fingerprint density at radius 3 is 2.51 bits per heavy atom. The van der Waals surface area contributed by atoms with E-state index in [0.717, 1.165) is 5.56 Å². The van der Waals surface area contributed by atoms with Crippen molar-refractivity contribution < 1.29 is 33.5 Å². The molecule has 0 bridgehead atoms. The lowest BCUT2D eigenvalue weighted by Gasteiger charge is -2.34. The van der Waals surface area contributed by atoms with Crippen molar-refractivity contribution in [3.05, 3.63) is 64.1 Å². The van der Waals surface area contributed by atoms with Crippen molar-refractivity contribution in [1.82, 2.24) is 15.0 Å². The summed E-state index contributed by atoms with van der Waals surface area (Å²) in [6.07, 6.45) is -3.22. The first-order valence-corrected chi connectivity index (χ1v) is 12.4. The molecule has 3 aromatic rings. The SMILES string of the molecule is Cc1cc(C(=O)N2CCOCC2)cc(N2CCO[C@H]([C@@H](O)C(=O)Nc3ccc(-c4noc(=O)[nH]4)cc3)C2=O)c1. The van der Waals surface area contributed by atoms with Crippen LogP contribution >= 0.6 is 0 Å². The van der Waals surface area contributed by atoms with Gasteiger partial charge in [-0.15, -0.1) is 0 Å². The molecule has 1 aromatic heterocycles. The van der Waals surface area contributed by atoms with Crippen LogP contribution in [-0.4, -0.2) is 89.5 Å². The van der Waals surface area contributed by atoms with E-state index in [2.05, 4.69) is 20.0 Å². The molecular weight excluding hydrogens is 510 g/mol. The number of nitrogens with zero attached hydrogens (tertiary/aromatic N) is 3. The Hall–Kier alpha value is -4.33. The molecule has 0 unspecified atom stereocenters. The fourth-order valence-electron chi connectivity index (χ4n) is 4.50. The number of aromatic nitrogens is 2. The summed E-state index contributed by atoms with van der Waals surface area (Å²) in [4.78, 5) is 55.8. The second kappa shape index (κ2) is 11.2. The zero-order valence-corrected chi connectivity index (χ0v) is 21.1. The van der Waals surface area contributed by atoms with E-state index in [9.17, 15) is 24.3 Å². The molecule has 2 saturated heterocycles. The standard InChI is InChI=1S/C26H27N5O8/c1-15-12-17(24(34)30-6-9-37-10-7-30)14-19(13-15)31-8-11-38-21(25(31)35)20(32)23(33)27-18-4-2-16(3-5-18)22-28-26(36)39-29-22/h2-5,12-14,20-21,32H,6-11H2,1H3,(H,27,33)(H,28,29,36)/t20-,21-/m1/s1. The summed E-state index contributed by atoms with van der Waals surface area (Å²) in [7, 11) is 0. The van der Waals surface area contributed by atoms with Crippen molar-refractivity contribution in [3.8, 4) is 11.4 Å². The minimum absolute atomic E-state index is 0.0893. The van der Waals surface area contributed by atoms with Gasteiger partial charge in [-0.05, 0) is 55.0 Å². The maximum atomic E-state index is 13.3. The van der Waals surface area contributed by atoms with Crippen LogP contribution in [0.15, 0.2) is 51.8 Å². The molecule has 3 N–H and O–H groups in total. The highest BCUT2D eigenvalue weighted by Crippen LogP contribution is 2.25. The first kappa shape index (κ1) is 26.3. The van der Waals surface area contributed by atoms with Crippen LogP contribution in [0.1, 0.15) is 15.9 Å². The van der Waals surface area contributed by atoms with E-state index < -0.39 is 29.8 Å². The number of rotatable bonds is 6. The molecule has 13 nitrogen and oxygen atoms in total. The Morgan fingerprint density at radius 2 is 1.82 bits per heavy atom. The number of amides is 3. The highest BCUT2D eigenvalue weighted by molar-refractivity contribution is 6.04. The number of aryl methyl sites for hydroxylation is 1. The summed E-state index contributed by atoms with van der Waals surface area (Å²) < 4.78 is 15.3. The molecule has 2 aliphatic rings. The lowest BCUT2D eigenvalue weighted by atomic mass is 10.1. The fourth-order valence-corrected chi connectivity index (χ4v) is 4.50. The summed E-state index contributed by atoms with van der Waals surface area (Å²) in [5.74, 6) is -2.04. The highest BCUT2D eigenvalue weighted by atomic mass is 16.5. The number of nitrogens with one attached hydrogen (secondary N) is 2. The number of hydrogen-bond acceptors (Lipinski definition) is 9. The number of morpholine rings is 2. The average Bonchev–Trinajstić information content (AvgIpc) is 3.39. The lowest BCUT2D eigenvalue weighted by Crippen LogP contribution is -2.55. The predicted molar refractivity (Wildman–Crippen MR) is 137 cm³/mol. The number of carbonyl (C=O) groups is 3. The Bertz CT molecular complexity index is 1430. The number of H-pyrrole nitrogens is 1. The number of carbonyl (C=O) groups excluding carboxylic acids is 3. The number of aliphatic hydroxyl groups is 1. The van der Waals surface area contributed by atoms with Gasteiger partial charge in [-0.3, -0.25) is 23.9 Å². The first-order chi connectivity index (χ1) is 18.8. The molecule has 204 valence electrons. The van der Waals surface area contributed by atoms with Crippen LogP contribution in [0.4, 0.5) is 11.4 Å². The van der Waals surface area contributed by atoms with Crippen LogP contribution in [0.25, 0.3) is 11.4 Å². The topological polar surface area (TPSA) is 167 Å². The van der Waals surface area contributed by atoms with Gasteiger partial charge in [0.05, 0.1) is 19.8 Å². The first-order valence-electron chi connectivity index (χ1n) is 12.4. The number of anilines is 2. The summed E-state index contributed by atoms with van der Waals surface area (Å²) in [5.41, 5.74) is 2.61. The van der Waals surface area contributed by atoms with Crippen molar-refractivity contribution in [2.75, 3.05) is 49.7 Å². The van der Waals surface area contributed by atoms with E-state index >= 15 is 0 Å². The molecule has 0 spiro atoms. The van der Waals surface area contributed by atoms with Crippen LogP contribution in [-0.2, 0) is 19.1 Å². The van der Waals surface area contributed by atoms with Gasteiger partial charge in [-0.2, -0.15) is 0 Å². The smallest absolute Gasteiger partial charge is 0.380 e. The van der Waals surface area contributed by atoms with Crippen LogP contribution in [0.3, 0.4) is 0 Å². The largest absolute Gasteiger partial charge is 0.439 e. The minimum atomic E-state index is -1.79. The molecule has 2 aliphatic heterocycles. The summed E-state index contributed by atoms with van der Waals surface area (Å²) >= 11 is 0. The van der Waals surface area contributed by atoms with Crippen molar-refractivity contribution in [1.29, 1.82) is 0 Å². The van der Waals surface area contributed by atoms with Gasteiger partial charge < -0.3 is 29.7 Å². The molecule has 3 amide bonds.